The molecule has 0 heterocycles. The fourth-order valence-corrected chi connectivity index (χ4v) is 1.87. The van der Waals surface area contributed by atoms with Gasteiger partial charge in [-0.15, -0.1) is 89.4 Å². The first-order valence-corrected chi connectivity index (χ1v) is 26.1. The molecule has 0 unspecified atom stereocenters. The molecule has 0 atom stereocenters. The lowest BCUT2D eigenvalue weighted by molar-refractivity contribution is -0.879. The summed E-state index contributed by atoms with van der Waals surface area (Å²) in [6, 6.07) is 0. The van der Waals surface area contributed by atoms with Crippen molar-refractivity contribution in [1.29, 1.82) is 0 Å². The van der Waals surface area contributed by atoms with E-state index < -0.39 is 0 Å². The predicted octanol–water partition coefficient (Wildman–Crippen LogP) is 3.55. The molecule has 0 aliphatic carbocycles. The minimum absolute atomic E-state index is 0. The van der Waals surface area contributed by atoms with Crippen molar-refractivity contribution < 1.29 is 146 Å². The third kappa shape index (κ3) is 268. The van der Waals surface area contributed by atoms with Crippen molar-refractivity contribution in [3.05, 3.63) is 0 Å². The largest absolute Gasteiger partial charge is 0.303 e. The molecule has 0 aromatic heterocycles. The first-order valence-electron chi connectivity index (χ1n) is 26.1. The van der Waals surface area contributed by atoms with Gasteiger partial charge in [0.1, 0.15) is 0 Å². The second kappa shape index (κ2) is 183. The number of hydrogen-bond acceptors (Lipinski definition) is 32. The van der Waals surface area contributed by atoms with Crippen LogP contribution in [0.3, 0.4) is 0 Å². The molecule has 0 saturated heterocycles. The van der Waals surface area contributed by atoms with Crippen LogP contribution < -0.4 is 23.4 Å². The molecule has 0 amide bonds. The summed E-state index contributed by atoms with van der Waals surface area (Å²) in [5, 5.41) is 130. The Morgan fingerprint density at radius 1 is 0.176 bits per heavy atom. The molecule has 40 heteroatoms. The van der Waals surface area contributed by atoms with Gasteiger partial charge in [0.25, 0.3) is 0 Å². The zero-order chi connectivity index (χ0) is 92.3. The maximum Gasteiger partial charge on any atom is 0 e. The highest BCUT2D eigenvalue weighted by atomic mass is 18.0. The second-order valence-electron chi connectivity index (χ2n) is 11.0. The van der Waals surface area contributed by atoms with Gasteiger partial charge in [0.2, 0.25) is 0 Å². The topological polar surface area (TPSA) is 505 Å². The van der Waals surface area contributed by atoms with Gasteiger partial charge in [-0.3, -0.25) is 0 Å². The van der Waals surface area contributed by atoms with Crippen molar-refractivity contribution in [2.45, 2.75) is 48.5 Å². The van der Waals surface area contributed by atoms with Crippen molar-refractivity contribution in [2.24, 2.45) is 65.2 Å². The Morgan fingerprint density at radius 3 is 0.387 bits per heavy atom. The van der Waals surface area contributed by atoms with Gasteiger partial charge in [-0.25, -0.2) is 21.0 Å². The lowest BCUT2D eigenvalue weighted by Crippen LogP contribution is -2.03. The summed E-state index contributed by atoms with van der Waals surface area (Å²) < 4.78 is 0. The van der Waals surface area contributed by atoms with Gasteiger partial charge in [0.05, 0.1) is 0 Å². The van der Waals surface area contributed by atoms with E-state index in [-0.39, 0.29) is 4.28 Å². The van der Waals surface area contributed by atoms with E-state index in [9.17, 15) is 0 Å². The minimum Gasteiger partial charge on any atom is -0.303 e. The summed E-state index contributed by atoms with van der Waals surface area (Å²) >= 11 is 0. The molecule has 596 valence electrons. The third-order valence-electron chi connectivity index (χ3n) is 4.51. The van der Waals surface area contributed by atoms with E-state index in [1.54, 1.807) is 48.5 Å². The molecule has 0 aromatic carbocycles. The van der Waals surface area contributed by atoms with Crippen LogP contribution in [-0.4, -0.2) is 21.0 Å². The zero-order valence-corrected chi connectivity index (χ0v) is 61.5. The maximum atomic E-state index is 7.44. The van der Waals surface area contributed by atoms with Crippen molar-refractivity contribution in [1.82, 2.24) is 0 Å². The van der Waals surface area contributed by atoms with Gasteiger partial charge in [-0.1, -0.05) is 56.4 Å². The molecule has 0 spiro atoms. The lowest BCUT2D eigenvalue weighted by atomic mass is 10.5. The normalized spacial score (nSPS) is 5.93. The van der Waals surface area contributed by atoms with Crippen LogP contribution in [0.2, 0.25) is 0 Å². The quantitative estimate of drug-likeness (QED) is 0.0171. The number of hydrogen-bond donors (Lipinski definition) is 8. The number of nitrogens with zero attached hydrogens (tertiary/aromatic N) is 8. The van der Waals surface area contributed by atoms with Crippen LogP contribution in [0.15, 0.2) is 41.8 Å². The molecule has 0 saturated carbocycles. The summed E-state index contributed by atoms with van der Waals surface area (Å²) in [4.78, 5) is 0. The third-order valence-corrected chi connectivity index (χ3v) is 4.51. The van der Waals surface area contributed by atoms with Gasteiger partial charge in [0, 0.05) is 4.28 Å². The van der Waals surface area contributed by atoms with Crippen LogP contribution in [0.4, 0.5) is 0 Å². The second-order valence-corrected chi connectivity index (χ2v) is 11.0. The lowest BCUT2D eigenvalue weighted by Gasteiger charge is -1.97. The standard InChI is InChI=1S/C14H2.C12H6.C11H4.C10H2.C9H4.C7H4.C6H2.C5H4.C3H4.C2H2.H4N8.H4N4.H2O15.H2O13.3H2/c1-3-5-7-9-11-13-14-12-10-8-6-4-2;1-3-5-7-9-11-12-10-8-6-4-2;1-3-5-7-9-11-10-8-6-4-2;1-3-5-7-9-10-8-6-4-2;1-3-5-7-9-8-6-4-2;1-3-5-7-6-4-2;1-3-5-6-4-2;1-3-5-4-2;1-3-2;1-2;1-3-5-7-8-6-4-2;1-3-4-2;1-3-5-7-9-11-13-15-14-12-10-8-6-4-2;1-3-5-7-9-11-13-12-10-8-6-4-2;;;/h1-2H;1-2H3;1H,2H3;1-2H;1H,2H3;1H,2H3;1-2H;1H,2H3;1H,2H3;1-2H;(H2,1,4,5,8)(H2,2,3,6,7);(H2,1,4)(H2,2,3);1-2H;1-2H;3*1H. The van der Waals surface area contributed by atoms with E-state index >= 15 is 0 Å². The molecular formula is C79H52N12O28. The fraction of sp³-hybridized carbons (Fsp3) is 0.0886. The van der Waals surface area contributed by atoms with E-state index in [4.69, 9.17) is 85.3 Å². The number of rotatable bonds is 24. The monoisotopic (exact) mass is 1620 g/mol. The first-order chi connectivity index (χ1) is 58.4. The maximum absolute atomic E-state index is 7.44. The van der Waals surface area contributed by atoms with E-state index in [0.717, 1.165) is 0 Å². The van der Waals surface area contributed by atoms with E-state index in [1.165, 1.54) is 0 Å². The summed E-state index contributed by atoms with van der Waals surface area (Å²) in [7, 11) is 0. The number of terminal acetylenes is 12. The Kier molecular flexibility index (Phi) is 204. The van der Waals surface area contributed by atoms with Gasteiger partial charge < -0.3 is 23.4 Å². The van der Waals surface area contributed by atoms with Crippen molar-refractivity contribution >= 4 is 0 Å². The van der Waals surface area contributed by atoms with Gasteiger partial charge in [-0.05, 0) is 498 Å². The fourth-order valence-electron chi connectivity index (χ4n) is 1.87. The van der Waals surface area contributed by atoms with Crippen LogP contribution in [0.1, 0.15) is 52.7 Å². The highest BCUT2D eigenvalue weighted by molar-refractivity contribution is 5.46. The highest BCUT2D eigenvalue weighted by Gasteiger charge is 1.98. The average Bonchev–Trinajstić information content (AvgIpc) is 1.26. The average molecular weight is 1620 g/mol. The first kappa shape index (κ1) is 132. The van der Waals surface area contributed by atoms with Crippen LogP contribution in [-0.2, 0) is 121 Å². The summed E-state index contributed by atoms with van der Waals surface area (Å²) in [5.74, 6) is 159. The summed E-state index contributed by atoms with van der Waals surface area (Å²) in [6.07, 6.45) is 60.5. The summed E-state index contributed by atoms with van der Waals surface area (Å²) in [6.45, 7) is 11.9. The zero-order valence-electron chi connectivity index (χ0n) is 61.5. The van der Waals surface area contributed by atoms with E-state index in [1.807, 2.05) is 0 Å². The van der Waals surface area contributed by atoms with Crippen molar-refractivity contribution in [3.8, 4) is 433 Å². The highest BCUT2D eigenvalue weighted by Crippen LogP contribution is 1.91. The molecular weight excluding hydrogens is 1560 g/mol. The molecule has 40 nitrogen and oxygen atoms in total. The molecule has 0 bridgehead atoms. The van der Waals surface area contributed by atoms with Crippen LogP contribution in [0.5, 0.6) is 0 Å². The minimum atomic E-state index is 0. The predicted molar refractivity (Wildman–Crippen MR) is 412 cm³/mol. The molecule has 0 radical (unpaired) electrons. The summed E-state index contributed by atoms with van der Waals surface area (Å²) in [5.41, 5.74) is 0. The van der Waals surface area contributed by atoms with Gasteiger partial charge >= 0.3 is 0 Å². The van der Waals surface area contributed by atoms with Gasteiger partial charge in [-0.2, -0.15) is 0 Å². The molecule has 119 heavy (non-hydrogen) atoms. The molecule has 0 rings (SSSR count). The molecule has 0 aromatic rings. The Bertz CT molecular complexity index is 5010. The Balaban J connectivity index is -0.0000000661. The van der Waals surface area contributed by atoms with Crippen molar-refractivity contribution in [2.75, 3.05) is 0 Å². The molecule has 0 fully saturated rings. The molecule has 0 aliphatic rings. The van der Waals surface area contributed by atoms with Crippen molar-refractivity contribution in [3.63, 3.8) is 0 Å². The smallest absolute Gasteiger partial charge is 0 e. The van der Waals surface area contributed by atoms with Crippen LogP contribution in [0.25, 0.3) is 0 Å². The Morgan fingerprint density at radius 2 is 0.286 bits per heavy atom. The molecule has 0 aliphatic heterocycles. The number of nitrogens with two attached hydrogens (primary N) is 4. The van der Waals surface area contributed by atoms with E-state index in [2.05, 4.69) is 555 Å². The van der Waals surface area contributed by atoms with Gasteiger partial charge in [0.15, 0.2) is 0 Å². The molecule has 12 N–H and O–H groups in total. The van der Waals surface area contributed by atoms with Crippen LogP contribution in [0, 0.1) is 433 Å². The van der Waals surface area contributed by atoms with E-state index in [0.29, 0.717) is 0 Å². The van der Waals surface area contributed by atoms with Crippen LogP contribution >= 0.6 is 0 Å². The SMILES string of the molecule is C#C.C#CC.C#CC#CC.C#CC#CC#C.C#CC#CC#CC.C#CC#CC#CC#CC.C#CC#CC#CC#CC#C.C#CC#CC#CC#CC#CC.C#CC#CC#CC#CC#CC#CC#C.CC#CC#CC#CC#CC#CC.N/N=N/N.N/N=N/N=N/N=N/N.OOOOOOOOOOOOO.OOOOOOOOOOOOOOO.[HH].[HH].[HH]. The Labute approximate surface area is 690 Å². The Hall–Kier alpha value is -19.4.